The zero-order valence-electron chi connectivity index (χ0n) is 13.3. The molecule has 0 saturated carbocycles. The first-order chi connectivity index (χ1) is 10.6. The Morgan fingerprint density at radius 2 is 2.18 bits per heavy atom. The van der Waals surface area contributed by atoms with E-state index in [1.165, 1.54) is 0 Å². The van der Waals surface area contributed by atoms with Crippen molar-refractivity contribution in [3.05, 3.63) is 18.0 Å². The van der Waals surface area contributed by atoms with Gasteiger partial charge >= 0.3 is 0 Å². The predicted octanol–water partition coefficient (Wildman–Crippen LogP) is 0.749. The van der Waals surface area contributed by atoms with Crippen molar-refractivity contribution in [3.63, 3.8) is 0 Å². The lowest BCUT2D eigenvalue weighted by molar-refractivity contribution is 0.0951. The molecule has 0 radical (unpaired) electrons. The SMILES string of the molecule is CN(C)CCCNC(=O)c1cnc(NCC2CCCO2)nc1. The Morgan fingerprint density at radius 3 is 2.82 bits per heavy atom. The van der Waals surface area contributed by atoms with E-state index in [0.29, 0.717) is 24.6 Å². The lowest BCUT2D eigenvalue weighted by Gasteiger charge is -2.11. The Balaban J connectivity index is 1.71. The molecule has 0 aromatic carbocycles. The van der Waals surface area contributed by atoms with Crippen molar-refractivity contribution >= 4 is 11.9 Å². The summed E-state index contributed by atoms with van der Waals surface area (Å²) in [6.07, 6.45) is 6.43. The summed E-state index contributed by atoms with van der Waals surface area (Å²) >= 11 is 0. The molecule has 7 nitrogen and oxygen atoms in total. The molecular formula is C15H25N5O2. The van der Waals surface area contributed by atoms with Gasteiger partial charge in [-0.2, -0.15) is 0 Å². The highest BCUT2D eigenvalue weighted by molar-refractivity contribution is 5.93. The molecular weight excluding hydrogens is 282 g/mol. The minimum atomic E-state index is -0.135. The Hall–Kier alpha value is -1.73. The molecule has 122 valence electrons. The summed E-state index contributed by atoms with van der Waals surface area (Å²) in [5.41, 5.74) is 0.479. The zero-order valence-corrected chi connectivity index (χ0v) is 13.3. The van der Waals surface area contributed by atoms with Crippen LogP contribution in [0.2, 0.25) is 0 Å². The van der Waals surface area contributed by atoms with Gasteiger partial charge in [0.2, 0.25) is 5.95 Å². The Kier molecular flexibility index (Phi) is 6.54. The molecule has 2 N–H and O–H groups in total. The number of carbonyl (C=O) groups excluding carboxylic acids is 1. The largest absolute Gasteiger partial charge is 0.376 e. The molecule has 1 amide bonds. The first kappa shape index (κ1) is 16.6. The van der Waals surface area contributed by atoms with E-state index in [0.717, 1.165) is 32.4 Å². The van der Waals surface area contributed by atoms with Crippen molar-refractivity contribution in [1.29, 1.82) is 0 Å². The average Bonchev–Trinajstić information content (AvgIpc) is 3.03. The van der Waals surface area contributed by atoms with Crippen LogP contribution < -0.4 is 10.6 Å². The van der Waals surface area contributed by atoms with Gasteiger partial charge in [0.05, 0.1) is 11.7 Å². The van der Waals surface area contributed by atoms with Gasteiger partial charge in [-0.15, -0.1) is 0 Å². The monoisotopic (exact) mass is 307 g/mol. The molecule has 1 aliphatic heterocycles. The molecule has 2 rings (SSSR count). The van der Waals surface area contributed by atoms with Gasteiger partial charge in [-0.25, -0.2) is 9.97 Å². The smallest absolute Gasteiger partial charge is 0.254 e. The van der Waals surface area contributed by atoms with Crippen LogP contribution in [-0.2, 0) is 4.74 Å². The first-order valence-corrected chi connectivity index (χ1v) is 7.75. The summed E-state index contributed by atoms with van der Waals surface area (Å²) in [5, 5.41) is 6.00. The molecule has 7 heteroatoms. The zero-order chi connectivity index (χ0) is 15.8. The maximum Gasteiger partial charge on any atom is 0.254 e. The highest BCUT2D eigenvalue weighted by Crippen LogP contribution is 2.12. The highest BCUT2D eigenvalue weighted by Gasteiger charge is 2.15. The van der Waals surface area contributed by atoms with Crippen LogP contribution in [0.5, 0.6) is 0 Å². The fourth-order valence-corrected chi connectivity index (χ4v) is 2.25. The van der Waals surface area contributed by atoms with Crippen LogP contribution in [0.4, 0.5) is 5.95 Å². The minimum Gasteiger partial charge on any atom is -0.376 e. The lowest BCUT2D eigenvalue weighted by Crippen LogP contribution is -2.27. The third-order valence-electron chi connectivity index (χ3n) is 3.49. The Morgan fingerprint density at radius 1 is 1.41 bits per heavy atom. The summed E-state index contributed by atoms with van der Waals surface area (Å²) < 4.78 is 5.52. The normalized spacial score (nSPS) is 17.7. The number of amides is 1. The minimum absolute atomic E-state index is 0.135. The predicted molar refractivity (Wildman–Crippen MR) is 85.0 cm³/mol. The summed E-state index contributed by atoms with van der Waals surface area (Å²) in [5.74, 6) is 0.393. The third-order valence-corrected chi connectivity index (χ3v) is 3.49. The first-order valence-electron chi connectivity index (χ1n) is 7.75. The number of carbonyl (C=O) groups is 1. The number of aromatic nitrogens is 2. The maximum atomic E-state index is 11.9. The average molecular weight is 307 g/mol. The van der Waals surface area contributed by atoms with Gasteiger partial charge in [0.25, 0.3) is 5.91 Å². The molecule has 1 aromatic heterocycles. The number of ether oxygens (including phenoxy) is 1. The van der Waals surface area contributed by atoms with Gasteiger partial charge in [-0.05, 0) is 39.9 Å². The van der Waals surface area contributed by atoms with Crippen molar-refractivity contribution < 1.29 is 9.53 Å². The molecule has 0 bridgehead atoms. The van der Waals surface area contributed by atoms with Crippen LogP contribution in [0, 0.1) is 0 Å². The Labute approximate surface area is 131 Å². The molecule has 1 unspecified atom stereocenters. The van der Waals surface area contributed by atoms with Crippen LogP contribution in [0.25, 0.3) is 0 Å². The van der Waals surface area contributed by atoms with Crippen LogP contribution in [-0.4, -0.2) is 67.2 Å². The summed E-state index contributed by atoms with van der Waals surface area (Å²) in [6.45, 7) is 3.13. The van der Waals surface area contributed by atoms with Crippen molar-refractivity contribution in [2.75, 3.05) is 45.7 Å². The van der Waals surface area contributed by atoms with Gasteiger partial charge in [0, 0.05) is 32.1 Å². The van der Waals surface area contributed by atoms with Crippen LogP contribution in [0.15, 0.2) is 12.4 Å². The molecule has 0 spiro atoms. The van der Waals surface area contributed by atoms with Crippen LogP contribution in [0.3, 0.4) is 0 Å². The summed E-state index contributed by atoms with van der Waals surface area (Å²) in [7, 11) is 4.02. The number of nitrogens with one attached hydrogen (secondary N) is 2. The second kappa shape index (κ2) is 8.65. The Bertz CT molecular complexity index is 458. The number of rotatable bonds is 8. The number of hydrogen-bond acceptors (Lipinski definition) is 6. The van der Waals surface area contributed by atoms with Crippen LogP contribution >= 0.6 is 0 Å². The van der Waals surface area contributed by atoms with Crippen molar-refractivity contribution in [2.24, 2.45) is 0 Å². The van der Waals surface area contributed by atoms with Gasteiger partial charge < -0.3 is 20.3 Å². The summed E-state index contributed by atoms with van der Waals surface area (Å²) in [6, 6.07) is 0. The fraction of sp³-hybridized carbons (Fsp3) is 0.667. The van der Waals surface area contributed by atoms with Crippen LogP contribution in [0.1, 0.15) is 29.6 Å². The summed E-state index contributed by atoms with van der Waals surface area (Å²) in [4.78, 5) is 22.4. The molecule has 1 atom stereocenters. The van der Waals surface area contributed by atoms with E-state index in [9.17, 15) is 4.79 Å². The standard InChI is InChI=1S/C15H25N5O2/c1-20(2)7-4-6-16-14(21)12-9-17-15(18-10-12)19-11-13-5-3-8-22-13/h9-10,13H,3-8,11H2,1-2H3,(H,16,21)(H,17,18,19). The molecule has 2 heterocycles. The second-order valence-corrected chi connectivity index (χ2v) is 5.72. The third kappa shape index (κ3) is 5.57. The second-order valence-electron chi connectivity index (χ2n) is 5.72. The molecule has 1 saturated heterocycles. The van der Waals surface area contributed by atoms with Gasteiger partial charge in [0.15, 0.2) is 0 Å². The number of hydrogen-bond donors (Lipinski definition) is 2. The lowest BCUT2D eigenvalue weighted by atomic mass is 10.2. The van der Waals surface area contributed by atoms with E-state index >= 15 is 0 Å². The van der Waals surface area contributed by atoms with Gasteiger partial charge in [-0.3, -0.25) is 4.79 Å². The number of nitrogens with zero attached hydrogens (tertiary/aromatic N) is 3. The number of anilines is 1. The highest BCUT2D eigenvalue weighted by atomic mass is 16.5. The van der Waals surface area contributed by atoms with E-state index in [1.807, 2.05) is 14.1 Å². The topological polar surface area (TPSA) is 79.4 Å². The quantitative estimate of drug-likeness (QED) is 0.690. The van der Waals surface area contributed by atoms with Gasteiger partial charge in [-0.1, -0.05) is 0 Å². The van der Waals surface area contributed by atoms with Crippen molar-refractivity contribution in [3.8, 4) is 0 Å². The van der Waals surface area contributed by atoms with Crippen molar-refractivity contribution in [1.82, 2.24) is 20.2 Å². The van der Waals surface area contributed by atoms with E-state index in [-0.39, 0.29) is 12.0 Å². The van der Waals surface area contributed by atoms with Gasteiger partial charge in [0.1, 0.15) is 0 Å². The molecule has 1 fully saturated rings. The van der Waals surface area contributed by atoms with E-state index in [1.54, 1.807) is 12.4 Å². The van der Waals surface area contributed by atoms with E-state index in [4.69, 9.17) is 4.74 Å². The molecule has 0 aliphatic carbocycles. The van der Waals surface area contributed by atoms with E-state index < -0.39 is 0 Å². The molecule has 22 heavy (non-hydrogen) atoms. The molecule has 1 aromatic rings. The fourth-order valence-electron chi connectivity index (χ4n) is 2.25. The maximum absolute atomic E-state index is 11.9. The van der Waals surface area contributed by atoms with Crippen molar-refractivity contribution in [2.45, 2.75) is 25.4 Å². The van der Waals surface area contributed by atoms with E-state index in [2.05, 4.69) is 25.5 Å². The molecule has 1 aliphatic rings.